The third-order valence-corrected chi connectivity index (χ3v) is 8.30. The minimum atomic E-state index is -1.86. The molecule has 0 fully saturated rings. The fraction of sp³-hybridized carbons (Fsp3) is 0.440. The van der Waals surface area contributed by atoms with Gasteiger partial charge in [-0.3, -0.25) is 0 Å². The van der Waals surface area contributed by atoms with E-state index in [1.807, 2.05) is 7.05 Å². The first-order chi connectivity index (χ1) is 13.1. The van der Waals surface area contributed by atoms with E-state index in [0.29, 0.717) is 6.04 Å². The molecule has 0 heterocycles. The van der Waals surface area contributed by atoms with Gasteiger partial charge in [0.15, 0.2) is 0 Å². The SMILES string of the molecule is CN([Si](=O)CC1C(CC(C)(C)c2ccccc2)=Cc2ccccc21)C(C)(C)C.[Cl-].[Cl-].[Ti+4]. The number of hydrogen-bond donors (Lipinski definition) is 0. The van der Waals surface area contributed by atoms with Crippen molar-refractivity contribution >= 4 is 14.9 Å². The molecule has 3 rings (SSSR count). The van der Waals surface area contributed by atoms with Crippen molar-refractivity contribution in [3.63, 3.8) is 0 Å². The number of nitrogens with zero attached hydrogens (tertiary/aromatic N) is 1. The molecule has 1 aliphatic rings. The van der Waals surface area contributed by atoms with Crippen LogP contribution in [0.4, 0.5) is 0 Å². The van der Waals surface area contributed by atoms with Crippen LogP contribution in [0.3, 0.4) is 0 Å². The molecule has 0 N–H and O–H groups in total. The van der Waals surface area contributed by atoms with Crippen LogP contribution in [0, 0.1) is 0 Å². The summed E-state index contributed by atoms with van der Waals surface area (Å²) in [6.07, 6.45) is 3.32. The average Bonchev–Trinajstić information content (AvgIpc) is 2.97. The molecule has 0 spiro atoms. The molecule has 6 heteroatoms. The summed E-state index contributed by atoms with van der Waals surface area (Å²) >= 11 is 0. The summed E-state index contributed by atoms with van der Waals surface area (Å²) in [7, 11) is 0.141. The van der Waals surface area contributed by atoms with Crippen LogP contribution in [-0.2, 0) is 31.6 Å². The van der Waals surface area contributed by atoms with Gasteiger partial charge in [-0.25, -0.2) is 0 Å². The van der Waals surface area contributed by atoms with Crippen molar-refractivity contribution in [2.45, 2.75) is 64.0 Å². The van der Waals surface area contributed by atoms with Crippen molar-refractivity contribution in [1.29, 1.82) is 0 Å². The Balaban J connectivity index is 0.00000300. The third-order valence-electron chi connectivity index (χ3n) is 6.12. The number of allylic oxidation sites excluding steroid dienone is 1. The normalized spacial score (nSPS) is 14.9. The van der Waals surface area contributed by atoms with Crippen LogP contribution < -0.4 is 24.8 Å². The van der Waals surface area contributed by atoms with Crippen molar-refractivity contribution in [2.75, 3.05) is 7.05 Å². The number of halogens is 2. The quantitative estimate of drug-likeness (QED) is 0.518. The van der Waals surface area contributed by atoms with E-state index in [1.54, 1.807) is 0 Å². The van der Waals surface area contributed by atoms with Gasteiger partial charge in [0.1, 0.15) is 0 Å². The molecule has 2 nitrogen and oxygen atoms in total. The minimum absolute atomic E-state index is 0. The summed E-state index contributed by atoms with van der Waals surface area (Å²) in [5.41, 5.74) is 5.35. The van der Waals surface area contributed by atoms with E-state index in [2.05, 4.69) is 99.9 Å². The zero-order valence-electron chi connectivity index (χ0n) is 19.4. The summed E-state index contributed by atoms with van der Waals surface area (Å²) in [5.74, 6) is 0.246. The molecule has 0 radical (unpaired) electrons. The maximum atomic E-state index is 13.2. The van der Waals surface area contributed by atoms with Crippen LogP contribution in [0.5, 0.6) is 0 Å². The fourth-order valence-corrected chi connectivity index (χ4v) is 5.92. The van der Waals surface area contributed by atoms with Crippen LogP contribution in [0.2, 0.25) is 6.04 Å². The van der Waals surface area contributed by atoms with Crippen LogP contribution >= 0.6 is 0 Å². The van der Waals surface area contributed by atoms with Crippen molar-refractivity contribution in [2.24, 2.45) is 0 Å². The second kappa shape index (κ2) is 12.0. The first kappa shape index (κ1) is 30.3. The predicted octanol–water partition coefficient (Wildman–Crippen LogP) is 0.190. The van der Waals surface area contributed by atoms with Crippen molar-refractivity contribution in [3.8, 4) is 0 Å². The van der Waals surface area contributed by atoms with Gasteiger partial charge in [0.2, 0.25) is 0 Å². The zero-order valence-corrected chi connectivity index (χ0v) is 23.4. The van der Waals surface area contributed by atoms with E-state index < -0.39 is 8.84 Å². The molecular formula is C25H33Cl2NOSiTi+2. The molecule has 0 saturated heterocycles. The first-order valence-electron chi connectivity index (χ1n) is 10.2. The van der Waals surface area contributed by atoms with E-state index in [0.717, 1.165) is 6.42 Å². The topological polar surface area (TPSA) is 20.3 Å². The number of rotatable bonds is 6. The van der Waals surface area contributed by atoms with Gasteiger partial charge in [0.25, 0.3) is 0 Å². The molecule has 0 aliphatic heterocycles. The molecule has 0 saturated carbocycles. The van der Waals surface area contributed by atoms with E-state index in [-0.39, 0.29) is 63.4 Å². The van der Waals surface area contributed by atoms with Crippen molar-refractivity contribution in [1.82, 2.24) is 4.57 Å². The van der Waals surface area contributed by atoms with Gasteiger partial charge in [-0.05, 0) is 49.3 Å². The van der Waals surface area contributed by atoms with Gasteiger partial charge in [0, 0.05) is 24.5 Å². The standard InChI is InChI=1S/C25H33NOSi.2ClH.Ti/c1-24(2,3)26(6)28(27)18-23-20(16-19-12-10-11-15-22(19)23)17-25(4,5)21-13-8-7-9-14-21;;;/h7-16,23H,17-18H2,1-6H3;2*1H;/q;;;+4/p-2. The Morgan fingerprint density at radius 1 is 0.903 bits per heavy atom. The second-order valence-corrected chi connectivity index (χ2v) is 11.5. The molecule has 2 aromatic carbocycles. The Kier molecular flexibility index (Phi) is 11.7. The van der Waals surface area contributed by atoms with E-state index in [4.69, 9.17) is 0 Å². The monoisotopic (exact) mass is 509 g/mol. The summed E-state index contributed by atoms with van der Waals surface area (Å²) in [6.45, 7) is 11.0. The zero-order chi connectivity index (χ0) is 20.5. The van der Waals surface area contributed by atoms with Gasteiger partial charge in [-0.1, -0.05) is 80.1 Å². The van der Waals surface area contributed by atoms with Gasteiger partial charge in [-0.15, -0.1) is 0 Å². The number of hydrogen-bond acceptors (Lipinski definition) is 1. The summed E-state index contributed by atoms with van der Waals surface area (Å²) in [6, 6.07) is 20.1. The molecule has 31 heavy (non-hydrogen) atoms. The molecule has 1 unspecified atom stereocenters. The second-order valence-electron chi connectivity index (χ2n) is 9.66. The van der Waals surface area contributed by atoms with Gasteiger partial charge >= 0.3 is 30.6 Å². The van der Waals surface area contributed by atoms with Gasteiger partial charge < -0.3 is 33.8 Å². The maximum Gasteiger partial charge on any atom is 4.00 e. The predicted molar refractivity (Wildman–Crippen MR) is 120 cm³/mol. The third kappa shape index (κ3) is 7.14. The molecule has 2 aromatic rings. The Labute approximate surface area is 217 Å². The van der Waals surface area contributed by atoms with Crippen molar-refractivity contribution in [3.05, 3.63) is 76.9 Å². The largest absolute Gasteiger partial charge is 4.00 e. The van der Waals surface area contributed by atoms with E-state index >= 15 is 0 Å². The molecule has 0 amide bonds. The number of fused-ring (bicyclic) bond motifs is 1. The maximum absolute atomic E-state index is 13.2. The van der Waals surface area contributed by atoms with E-state index in [1.165, 1.54) is 22.3 Å². The van der Waals surface area contributed by atoms with Crippen LogP contribution in [-0.4, -0.2) is 26.0 Å². The number of benzene rings is 2. The summed E-state index contributed by atoms with van der Waals surface area (Å²) < 4.78 is 15.3. The molecule has 1 atom stereocenters. The van der Waals surface area contributed by atoms with Crippen molar-refractivity contribution < 1.29 is 51.0 Å². The molecule has 0 bridgehead atoms. The molecule has 0 aromatic heterocycles. The Bertz CT molecular complexity index is 894. The van der Waals surface area contributed by atoms with E-state index in [9.17, 15) is 4.46 Å². The smallest absolute Gasteiger partial charge is 1.00 e. The Morgan fingerprint density at radius 2 is 1.45 bits per heavy atom. The minimum Gasteiger partial charge on any atom is -1.00 e. The van der Waals surface area contributed by atoms with Crippen LogP contribution in [0.25, 0.3) is 6.08 Å². The fourth-order valence-electron chi connectivity index (χ4n) is 4.06. The van der Waals surface area contributed by atoms with Gasteiger partial charge in [0.05, 0.1) is 0 Å². The average molecular weight is 510 g/mol. The Hall–Kier alpha value is -0.709. The molecular weight excluding hydrogens is 477 g/mol. The first-order valence-corrected chi connectivity index (χ1v) is 11.8. The van der Waals surface area contributed by atoms with Crippen LogP contribution in [0.1, 0.15) is 63.6 Å². The van der Waals surface area contributed by atoms with Crippen LogP contribution in [0.15, 0.2) is 60.2 Å². The Morgan fingerprint density at radius 3 is 2.03 bits per heavy atom. The summed E-state index contributed by atoms with van der Waals surface area (Å²) in [4.78, 5) is 0. The van der Waals surface area contributed by atoms with Gasteiger partial charge in [-0.2, -0.15) is 0 Å². The summed E-state index contributed by atoms with van der Waals surface area (Å²) in [5, 5.41) is 0. The molecule has 1 aliphatic carbocycles. The molecule has 164 valence electrons.